The van der Waals surface area contributed by atoms with Gasteiger partial charge in [0.1, 0.15) is 24.7 Å². The van der Waals surface area contributed by atoms with Gasteiger partial charge >= 0.3 is 0 Å². The lowest BCUT2D eigenvalue weighted by molar-refractivity contribution is -0.134. The highest BCUT2D eigenvalue weighted by Crippen LogP contribution is 2.30. The van der Waals surface area contributed by atoms with Gasteiger partial charge in [0.15, 0.2) is 0 Å². The van der Waals surface area contributed by atoms with Crippen molar-refractivity contribution >= 4 is 40.7 Å². The highest BCUT2D eigenvalue weighted by Gasteiger charge is 2.31. The summed E-state index contributed by atoms with van der Waals surface area (Å²) < 4.78 is 7.88. The predicted molar refractivity (Wildman–Crippen MR) is 151 cm³/mol. The third-order valence-corrected chi connectivity index (χ3v) is 7.56. The summed E-state index contributed by atoms with van der Waals surface area (Å²) in [4.78, 5) is 29.7. The van der Waals surface area contributed by atoms with E-state index in [0.29, 0.717) is 46.7 Å². The zero-order valence-electron chi connectivity index (χ0n) is 22.6. The summed E-state index contributed by atoms with van der Waals surface area (Å²) in [7, 11) is 1.99. The van der Waals surface area contributed by atoms with Crippen molar-refractivity contribution in [3.8, 4) is 5.75 Å². The van der Waals surface area contributed by atoms with Crippen LogP contribution in [-0.2, 0) is 29.1 Å². The van der Waals surface area contributed by atoms with Crippen molar-refractivity contribution in [3.05, 3.63) is 63.9 Å². The molecule has 2 N–H and O–H groups in total. The number of aliphatic hydroxyl groups is 1. The van der Waals surface area contributed by atoms with E-state index in [1.54, 1.807) is 29.2 Å². The summed E-state index contributed by atoms with van der Waals surface area (Å²) in [6.07, 6.45) is 1.15. The van der Waals surface area contributed by atoms with Crippen molar-refractivity contribution in [2.45, 2.75) is 45.5 Å². The number of rotatable bonds is 9. The standard InChI is InChI=1S/C27H33Cl2N7O4/c1-17-11-36(18(2)15-37)27(39)10-20-9-21(31-26(38)14-35-16-30-32-33-35)5-7-24(20)40-25(17)13-34(3)12-19-4-6-22(28)23(29)8-19/h4-9,16-18,25,37H,10-15H2,1-3H3,(H,31,38)/t17-,18-,25+/m1/s1. The Labute approximate surface area is 243 Å². The number of fused-ring (bicyclic) bond motifs is 1. The molecular formula is C27H33Cl2N7O4. The van der Waals surface area contributed by atoms with E-state index in [-0.39, 0.29) is 49.5 Å². The Hall–Kier alpha value is -3.25. The fourth-order valence-corrected chi connectivity index (χ4v) is 4.97. The van der Waals surface area contributed by atoms with Gasteiger partial charge in [-0.1, -0.05) is 36.2 Å². The quantitative estimate of drug-likeness (QED) is 0.390. The van der Waals surface area contributed by atoms with Crippen LogP contribution in [0.2, 0.25) is 10.0 Å². The van der Waals surface area contributed by atoms with Gasteiger partial charge in [-0.25, -0.2) is 4.68 Å². The van der Waals surface area contributed by atoms with Crippen LogP contribution in [0.5, 0.6) is 5.75 Å². The molecule has 0 unspecified atom stereocenters. The number of ether oxygens (including phenoxy) is 1. The first kappa shape index (κ1) is 29.7. The molecule has 11 nitrogen and oxygen atoms in total. The monoisotopic (exact) mass is 589 g/mol. The molecule has 0 saturated heterocycles. The number of hydrogen-bond donors (Lipinski definition) is 2. The second kappa shape index (κ2) is 13.4. The van der Waals surface area contributed by atoms with Crippen LogP contribution in [0.3, 0.4) is 0 Å². The number of hydrogen-bond acceptors (Lipinski definition) is 8. The highest BCUT2D eigenvalue weighted by molar-refractivity contribution is 6.42. The first-order valence-electron chi connectivity index (χ1n) is 13.0. The van der Waals surface area contributed by atoms with Gasteiger partial charge in [0.25, 0.3) is 0 Å². The van der Waals surface area contributed by atoms with Gasteiger partial charge in [-0.15, -0.1) is 5.10 Å². The van der Waals surface area contributed by atoms with Crippen molar-refractivity contribution in [1.29, 1.82) is 0 Å². The predicted octanol–water partition coefficient (Wildman–Crippen LogP) is 2.90. The first-order chi connectivity index (χ1) is 19.1. The second-order valence-electron chi connectivity index (χ2n) is 10.2. The molecule has 1 aliphatic heterocycles. The van der Waals surface area contributed by atoms with Crippen LogP contribution < -0.4 is 10.1 Å². The van der Waals surface area contributed by atoms with Crippen molar-refractivity contribution in [1.82, 2.24) is 30.0 Å². The normalized spacial score (nSPS) is 18.4. The molecule has 4 rings (SSSR count). The Morgan fingerprint density at radius 2 is 2.05 bits per heavy atom. The number of benzene rings is 2. The summed E-state index contributed by atoms with van der Waals surface area (Å²) in [5.41, 5.74) is 2.18. The summed E-state index contributed by atoms with van der Waals surface area (Å²) >= 11 is 12.3. The molecule has 214 valence electrons. The van der Waals surface area contributed by atoms with E-state index in [0.717, 1.165) is 5.56 Å². The van der Waals surface area contributed by atoms with Crippen molar-refractivity contribution < 1.29 is 19.4 Å². The zero-order chi connectivity index (χ0) is 28.8. The van der Waals surface area contributed by atoms with Crippen LogP contribution in [0.1, 0.15) is 25.0 Å². The molecule has 0 fully saturated rings. The number of tetrazole rings is 1. The molecule has 0 bridgehead atoms. The molecular weight excluding hydrogens is 557 g/mol. The van der Waals surface area contributed by atoms with Crippen LogP contribution in [0.4, 0.5) is 5.69 Å². The molecule has 2 amide bonds. The van der Waals surface area contributed by atoms with E-state index in [2.05, 4.69) is 25.7 Å². The van der Waals surface area contributed by atoms with Crippen molar-refractivity contribution in [2.75, 3.05) is 32.1 Å². The minimum atomic E-state index is -0.356. The third-order valence-electron chi connectivity index (χ3n) is 6.83. The molecule has 0 saturated carbocycles. The Kier molecular flexibility index (Phi) is 9.96. The van der Waals surface area contributed by atoms with Gasteiger partial charge in [0, 0.05) is 36.8 Å². The Morgan fingerprint density at radius 1 is 1.25 bits per heavy atom. The van der Waals surface area contributed by atoms with E-state index in [4.69, 9.17) is 27.9 Å². The van der Waals surface area contributed by atoms with Gasteiger partial charge in [-0.05, 0) is 60.3 Å². The minimum Gasteiger partial charge on any atom is -0.488 e. The number of aliphatic hydroxyl groups excluding tert-OH is 1. The molecule has 40 heavy (non-hydrogen) atoms. The molecule has 1 aromatic heterocycles. The number of carbonyl (C=O) groups excluding carboxylic acids is 2. The van der Waals surface area contributed by atoms with Gasteiger partial charge in [0.2, 0.25) is 11.8 Å². The zero-order valence-corrected chi connectivity index (χ0v) is 24.1. The Bertz CT molecular complexity index is 1320. The molecule has 3 aromatic rings. The number of amides is 2. The number of halogens is 2. The second-order valence-corrected chi connectivity index (χ2v) is 11.0. The van der Waals surface area contributed by atoms with Crippen molar-refractivity contribution in [3.63, 3.8) is 0 Å². The average molecular weight is 591 g/mol. The molecule has 1 aliphatic rings. The van der Waals surface area contributed by atoms with Crippen LogP contribution in [0.15, 0.2) is 42.7 Å². The lowest BCUT2D eigenvalue weighted by atomic mass is 10.0. The fraction of sp³-hybridized carbons (Fsp3) is 0.444. The van der Waals surface area contributed by atoms with Crippen LogP contribution in [-0.4, -0.2) is 85.8 Å². The van der Waals surface area contributed by atoms with Crippen LogP contribution in [0.25, 0.3) is 0 Å². The SMILES string of the molecule is C[C@@H]1CN([C@H](C)CO)C(=O)Cc2cc(NC(=O)Cn3cnnn3)ccc2O[C@H]1CN(C)Cc1ccc(Cl)c(Cl)c1. The third kappa shape index (κ3) is 7.69. The molecule has 0 spiro atoms. The first-order valence-corrected chi connectivity index (χ1v) is 13.7. The lowest BCUT2D eigenvalue weighted by Crippen LogP contribution is -2.47. The Morgan fingerprint density at radius 3 is 2.75 bits per heavy atom. The van der Waals surface area contributed by atoms with E-state index in [1.165, 1.54) is 11.0 Å². The lowest BCUT2D eigenvalue weighted by Gasteiger charge is -2.34. The molecule has 2 aromatic carbocycles. The smallest absolute Gasteiger partial charge is 0.246 e. The minimum absolute atomic E-state index is 0.0455. The largest absolute Gasteiger partial charge is 0.488 e. The molecule has 0 aliphatic carbocycles. The fourth-order valence-electron chi connectivity index (χ4n) is 4.65. The summed E-state index contributed by atoms with van der Waals surface area (Å²) in [5, 5.41) is 24.5. The molecule has 3 atom stereocenters. The number of nitrogens with zero attached hydrogens (tertiary/aromatic N) is 6. The van der Waals surface area contributed by atoms with Gasteiger partial charge in [-0.3, -0.25) is 14.5 Å². The van der Waals surface area contributed by atoms with E-state index in [1.807, 2.05) is 33.0 Å². The number of carbonyl (C=O) groups is 2. The van der Waals surface area contributed by atoms with Gasteiger partial charge in [-0.2, -0.15) is 0 Å². The number of nitrogens with one attached hydrogen (secondary N) is 1. The number of anilines is 1. The van der Waals surface area contributed by atoms with Crippen molar-refractivity contribution in [2.24, 2.45) is 5.92 Å². The summed E-state index contributed by atoms with van der Waals surface area (Å²) in [6.45, 7) is 5.29. The Balaban J connectivity index is 1.56. The average Bonchev–Trinajstić information content (AvgIpc) is 3.43. The van der Waals surface area contributed by atoms with Gasteiger partial charge < -0.3 is 20.1 Å². The van der Waals surface area contributed by atoms with E-state index < -0.39 is 0 Å². The number of aromatic nitrogens is 4. The number of likely N-dealkylation sites (N-methyl/N-ethyl adjacent to an activating group) is 1. The van der Waals surface area contributed by atoms with E-state index >= 15 is 0 Å². The van der Waals surface area contributed by atoms with Crippen LogP contribution in [0, 0.1) is 5.92 Å². The summed E-state index contributed by atoms with van der Waals surface area (Å²) in [5.74, 6) is 0.0923. The molecule has 13 heteroatoms. The molecule has 2 heterocycles. The maximum absolute atomic E-state index is 13.4. The maximum atomic E-state index is 13.4. The highest BCUT2D eigenvalue weighted by atomic mass is 35.5. The summed E-state index contributed by atoms with van der Waals surface area (Å²) in [6, 6.07) is 10.5. The van der Waals surface area contributed by atoms with Gasteiger partial charge in [0.05, 0.1) is 29.1 Å². The van der Waals surface area contributed by atoms with Crippen LogP contribution >= 0.6 is 23.2 Å². The molecule has 0 radical (unpaired) electrons. The maximum Gasteiger partial charge on any atom is 0.246 e. The van der Waals surface area contributed by atoms with E-state index in [9.17, 15) is 14.7 Å². The topological polar surface area (TPSA) is 126 Å².